The Bertz CT molecular complexity index is 665. The highest BCUT2D eigenvalue weighted by Gasteiger charge is 2.22. The van der Waals surface area contributed by atoms with Gasteiger partial charge >= 0.3 is 0 Å². The maximum Gasteiger partial charge on any atom is 0.0240 e. The van der Waals surface area contributed by atoms with Crippen LogP contribution in [0.4, 0.5) is 0 Å². The molecule has 2 aliphatic rings. The van der Waals surface area contributed by atoms with Crippen LogP contribution in [0.25, 0.3) is 0 Å². The summed E-state index contributed by atoms with van der Waals surface area (Å²) in [6.07, 6.45) is 5.05. The van der Waals surface area contributed by atoms with E-state index < -0.39 is 0 Å². The third-order valence-electron chi connectivity index (χ3n) is 5.93. The predicted octanol–water partition coefficient (Wildman–Crippen LogP) is 4.55. The van der Waals surface area contributed by atoms with Gasteiger partial charge < -0.3 is 4.90 Å². The Balaban J connectivity index is 0.00000196. The molecule has 0 bridgehead atoms. The van der Waals surface area contributed by atoms with E-state index in [4.69, 9.17) is 0 Å². The third-order valence-corrected chi connectivity index (χ3v) is 5.93. The zero-order valence-electron chi connectivity index (χ0n) is 15.9. The van der Waals surface area contributed by atoms with Crippen molar-refractivity contribution in [3.05, 3.63) is 70.8 Å². The van der Waals surface area contributed by atoms with Crippen molar-refractivity contribution in [2.45, 2.75) is 38.8 Å². The Hall–Kier alpha value is -1.35. The molecule has 0 saturated carbocycles. The molecule has 0 aliphatic carbocycles. The number of aryl methyl sites for hydroxylation is 2. The number of fused-ring (bicyclic) bond motifs is 2. The number of benzene rings is 2. The summed E-state index contributed by atoms with van der Waals surface area (Å²) in [5.41, 5.74) is 6.12. The van der Waals surface area contributed by atoms with Crippen LogP contribution in [0.15, 0.2) is 48.5 Å². The second-order valence-corrected chi connectivity index (χ2v) is 7.98. The first-order valence-electron chi connectivity index (χ1n) is 9.82. The van der Waals surface area contributed by atoms with Gasteiger partial charge in [-0.05, 0) is 67.4 Å². The summed E-state index contributed by atoms with van der Waals surface area (Å²) in [5, 5.41) is 0. The SMILES string of the molecule is CN1CCCC(CN2Cc3ccccc3CCc3ccccc3C2)C1.Cl. The standard InChI is InChI=1S/C23H30N2.ClH/c1-24-14-6-7-19(15-24)16-25-17-22-10-4-2-8-20(22)12-13-21-9-3-5-11-23(21)18-25;/h2-5,8-11,19H,6-7,12-18H2,1H3;1H. The second kappa shape index (κ2) is 9.03. The van der Waals surface area contributed by atoms with Crippen molar-refractivity contribution < 1.29 is 0 Å². The molecule has 1 unspecified atom stereocenters. The molecule has 2 nitrogen and oxygen atoms in total. The van der Waals surface area contributed by atoms with Crippen molar-refractivity contribution in [2.75, 3.05) is 26.7 Å². The lowest BCUT2D eigenvalue weighted by molar-refractivity contribution is 0.143. The lowest BCUT2D eigenvalue weighted by atomic mass is 9.97. The van der Waals surface area contributed by atoms with Gasteiger partial charge in [-0.25, -0.2) is 0 Å². The highest BCUT2D eigenvalue weighted by atomic mass is 35.5. The van der Waals surface area contributed by atoms with Crippen LogP contribution in [-0.4, -0.2) is 36.5 Å². The molecule has 2 heterocycles. The molecule has 3 heteroatoms. The van der Waals surface area contributed by atoms with Gasteiger partial charge in [-0.1, -0.05) is 48.5 Å². The Morgan fingerprint density at radius 3 is 1.92 bits per heavy atom. The van der Waals surface area contributed by atoms with E-state index in [1.54, 1.807) is 0 Å². The van der Waals surface area contributed by atoms with Crippen LogP contribution in [0.2, 0.25) is 0 Å². The molecular weight excluding hydrogens is 340 g/mol. The zero-order chi connectivity index (χ0) is 17.1. The summed E-state index contributed by atoms with van der Waals surface area (Å²) in [7, 11) is 2.27. The van der Waals surface area contributed by atoms with Crippen LogP contribution < -0.4 is 0 Å². The molecule has 2 aromatic carbocycles. The summed E-state index contributed by atoms with van der Waals surface area (Å²) in [6, 6.07) is 18.1. The van der Waals surface area contributed by atoms with Crippen LogP contribution in [0.1, 0.15) is 35.1 Å². The average molecular weight is 371 g/mol. The van der Waals surface area contributed by atoms with Gasteiger partial charge in [0.2, 0.25) is 0 Å². The topological polar surface area (TPSA) is 6.48 Å². The molecule has 0 radical (unpaired) electrons. The fourth-order valence-corrected chi connectivity index (χ4v) is 4.63. The number of hydrogen-bond donors (Lipinski definition) is 0. The van der Waals surface area contributed by atoms with Crippen molar-refractivity contribution in [3.8, 4) is 0 Å². The monoisotopic (exact) mass is 370 g/mol. The molecule has 1 atom stereocenters. The highest BCUT2D eigenvalue weighted by molar-refractivity contribution is 5.85. The first kappa shape index (κ1) is 19.4. The van der Waals surface area contributed by atoms with Crippen molar-refractivity contribution in [1.82, 2.24) is 9.80 Å². The third kappa shape index (κ3) is 4.68. The summed E-state index contributed by atoms with van der Waals surface area (Å²) in [6.45, 7) is 5.91. The van der Waals surface area contributed by atoms with Crippen molar-refractivity contribution in [1.29, 1.82) is 0 Å². The summed E-state index contributed by atoms with van der Waals surface area (Å²) >= 11 is 0. The normalized spacial score (nSPS) is 21.5. The molecule has 140 valence electrons. The number of halogens is 1. The van der Waals surface area contributed by atoms with Gasteiger partial charge in [0.15, 0.2) is 0 Å². The molecule has 2 aromatic rings. The van der Waals surface area contributed by atoms with Crippen LogP contribution >= 0.6 is 12.4 Å². The molecule has 0 spiro atoms. The van der Waals surface area contributed by atoms with Crippen molar-refractivity contribution in [3.63, 3.8) is 0 Å². The van der Waals surface area contributed by atoms with Gasteiger partial charge in [0.05, 0.1) is 0 Å². The summed E-state index contributed by atoms with van der Waals surface area (Å²) in [4.78, 5) is 5.21. The second-order valence-electron chi connectivity index (χ2n) is 7.98. The first-order valence-corrected chi connectivity index (χ1v) is 9.82. The smallest absolute Gasteiger partial charge is 0.0240 e. The van der Waals surface area contributed by atoms with E-state index >= 15 is 0 Å². The quantitative estimate of drug-likeness (QED) is 0.765. The molecule has 2 aliphatic heterocycles. The molecule has 4 rings (SSSR count). The number of piperidine rings is 1. The van der Waals surface area contributed by atoms with E-state index in [0.29, 0.717) is 0 Å². The Kier molecular flexibility index (Phi) is 6.74. The van der Waals surface area contributed by atoms with Gasteiger partial charge in [-0.3, -0.25) is 4.90 Å². The molecular formula is C23H31ClN2. The zero-order valence-corrected chi connectivity index (χ0v) is 16.7. The fraction of sp³-hybridized carbons (Fsp3) is 0.478. The number of likely N-dealkylation sites (tertiary alicyclic amines) is 1. The van der Waals surface area contributed by atoms with Gasteiger partial charge in [-0.15, -0.1) is 12.4 Å². The first-order chi connectivity index (χ1) is 12.3. The highest BCUT2D eigenvalue weighted by Crippen LogP contribution is 2.24. The Labute approximate surface area is 164 Å². The van der Waals surface area contributed by atoms with Gasteiger partial charge in [0, 0.05) is 26.2 Å². The summed E-state index contributed by atoms with van der Waals surface area (Å²) in [5.74, 6) is 0.804. The minimum atomic E-state index is 0. The summed E-state index contributed by atoms with van der Waals surface area (Å²) < 4.78 is 0. The van der Waals surface area contributed by atoms with Crippen molar-refractivity contribution in [2.24, 2.45) is 5.92 Å². The lowest BCUT2D eigenvalue weighted by Crippen LogP contribution is -2.39. The van der Waals surface area contributed by atoms with Crippen LogP contribution in [0.5, 0.6) is 0 Å². The lowest BCUT2D eigenvalue weighted by Gasteiger charge is -2.34. The van der Waals surface area contributed by atoms with E-state index in [1.807, 2.05) is 0 Å². The largest absolute Gasteiger partial charge is 0.306 e. The van der Waals surface area contributed by atoms with E-state index in [-0.39, 0.29) is 12.4 Å². The maximum absolute atomic E-state index is 2.70. The molecule has 0 amide bonds. The predicted molar refractivity (Wildman–Crippen MR) is 112 cm³/mol. The molecule has 0 aromatic heterocycles. The van der Waals surface area contributed by atoms with Crippen LogP contribution in [0, 0.1) is 5.92 Å². The number of rotatable bonds is 2. The minimum Gasteiger partial charge on any atom is -0.306 e. The molecule has 1 fully saturated rings. The molecule has 1 saturated heterocycles. The molecule has 26 heavy (non-hydrogen) atoms. The van der Waals surface area contributed by atoms with E-state index in [0.717, 1.165) is 31.8 Å². The minimum absolute atomic E-state index is 0. The van der Waals surface area contributed by atoms with Gasteiger partial charge in [0.1, 0.15) is 0 Å². The van der Waals surface area contributed by atoms with Gasteiger partial charge in [0.25, 0.3) is 0 Å². The van der Waals surface area contributed by atoms with Crippen LogP contribution in [-0.2, 0) is 25.9 Å². The van der Waals surface area contributed by atoms with E-state index in [1.165, 1.54) is 54.7 Å². The molecule has 0 N–H and O–H groups in total. The fourth-order valence-electron chi connectivity index (χ4n) is 4.63. The number of nitrogens with zero attached hydrogens (tertiary/aromatic N) is 2. The Morgan fingerprint density at radius 1 is 0.846 bits per heavy atom. The van der Waals surface area contributed by atoms with E-state index in [9.17, 15) is 0 Å². The average Bonchev–Trinajstić information content (AvgIpc) is 2.69. The maximum atomic E-state index is 2.70. The van der Waals surface area contributed by atoms with Crippen LogP contribution in [0.3, 0.4) is 0 Å². The van der Waals surface area contributed by atoms with Crippen molar-refractivity contribution >= 4 is 12.4 Å². The van der Waals surface area contributed by atoms with E-state index in [2.05, 4.69) is 65.4 Å². The van der Waals surface area contributed by atoms with Gasteiger partial charge in [-0.2, -0.15) is 0 Å². The number of hydrogen-bond acceptors (Lipinski definition) is 2. The Morgan fingerprint density at radius 2 is 1.38 bits per heavy atom.